The Morgan fingerprint density at radius 1 is 1.35 bits per heavy atom. The van der Waals surface area contributed by atoms with E-state index in [1.165, 1.54) is 23.4 Å². The van der Waals surface area contributed by atoms with Gasteiger partial charge in [0.15, 0.2) is 0 Å². The van der Waals surface area contributed by atoms with Crippen molar-refractivity contribution in [3.63, 3.8) is 0 Å². The number of nitrogens with zero attached hydrogens (tertiary/aromatic N) is 2. The van der Waals surface area contributed by atoms with Crippen LogP contribution in [0.15, 0.2) is 36.8 Å². The van der Waals surface area contributed by atoms with Crippen LogP contribution >= 0.6 is 0 Å². The molecule has 0 aliphatic carbocycles. The van der Waals surface area contributed by atoms with Gasteiger partial charge in [-0.15, -0.1) is 0 Å². The van der Waals surface area contributed by atoms with E-state index in [2.05, 4.69) is 46.1 Å². The highest BCUT2D eigenvalue weighted by Gasteiger charge is 2.20. The first kappa shape index (κ1) is 10.5. The molecule has 0 saturated carbocycles. The third-order valence-electron chi connectivity index (χ3n) is 3.52. The first-order chi connectivity index (χ1) is 8.36. The van der Waals surface area contributed by atoms with Crippen LogP contribution in [0.3, 0.4) is 0 Å². The molecular weight excluding hydrogens is 210 g/mol. The van der Waals surface area contributed by atoms with Crippen LogP contribution in [0.5, 0.6) is 0 Å². The number of nitrogens with one attached hydrogen (secondary N) is 1. The number of hydrogen-bond acceptors (Lipinski definition) is 2. The summed E-state index contributed by atoms with van der Waals surface area (Å²) in [5.41, 5.74) is 3.86. The van der Waals surface area contributed by atoms with Crippen LogP contribution in [0, 0.1) is 6.92 Å². The zero-order chi connectivity index (χ0) is 11.7. The summed E-state index contributed by atoms with van der Waals surface area (Å²) in [5.74, 6) is 0.595. The molecule has 1 N–H and O–H groups in total. The maximum atomic E-state index is 4.32. The number of para-hydroxylation sites is 1. The predicted octanol–water partition coefficient (Wildman–Crippen LogP) is 2.26. The third kappa shape index (κ3) is 1.87. The van der Waals surface area contributed by atoms with Gasteiger partial charge in [0, 0.05) is 30.0 Å². The van der Waals surface area contributed by atoms with Gasteiger partial charge in [0.05, 0.1) is 6.33 Å². The van der Waals surface area contributed by atoms with Gasteiger partial charge in [0.1, 0.15) is 0 Å². The Morgan fingerprint density at radius 3 is 3.00 bits per heavy atom. The van der Waals surface area contributed by atoms with Gasteiger partial charge < -0.3 is 9.88 Å². The second-order valence-electron chi connectivity index (χ2n) is 4.66. The fraction of sp³-hybridized carbons (Fsp3) is 0.357. The van der Waals surface area contributed by atoms with Gasteiger partial charge in [-0.1, -0.05) is 18.2 Å². The minimum atomic E-state index is 0.595. The molecule has 1 aliphatic heterocycles. The molecule has 0 spiro atoms. The molecule has 1 aromatic heterocycles. The lowest BCUT2D eigenvalue weighted by Crippen LogP contribution is -2.11. The van der Waals surface area contributed by atoms with Crippen molar-refractivity contribution in [3.8, 4) is 5.69 Å². The number of rotatable bonds is 2. The van der Waals surface area contributed by atoms with Crippen LogP contribution in [0.2, 0.25) is 0 Å². The first-order valence-corrected chi connectivity index (χ1v) is 6.15. The molecule has 3 heteroatoms. The van der Waals surface area contributed by atoms with Gasteiger partial charge in [-0.25, -0.2) is 4.98 Å². The van der Waals surface area contributed by atoms with Gasteiger partial charge in [0.25, 0.3) is 0 Å². The zero-order valence-corrected chi connectivity index (χ0v) is 10.1. The molecule has 0 amide bonds. The van der Waals surface area contributed by atoms with Crippen molar-refractivity contribution in [3.05, 3.63) is 48.0 Å². The Bertz CT molecular complexity index is 510. The van der Waals surface area contributed by atoms with E-state index in [1.54, 1.807) is 0 Å². The molecule has 3 rings (SSSR count). The van der Waals surface area contributed by atoms with E-state index >= 15 is 0 Å². The SMILES string of the molecule is Cc1ccccc1-n1cncc1C1CCNC1. The zero-order valence-electron chi connectivity index (χ0n) is 10.1. The van der Waals surface area contributed by atoms with Crippen molar-refractivity contribution >= 4 is 0 Å². The minimum absolute atomic E-state index is 0.595. The largest absolute Gasteiger partial charge is 0.316 e. The molecular formula is C14H17N3. The second kappa shape index (κ2) is 4.34. The molecule has 17 heavy (non-hydrogen) atoms. The molecule has 3 nitrogen and oxygen atoms in total. The molecule has 88 valence electrons. The van der Waals surface area contributed by atoms with E-state index in [4.69, 9.17) is 0 Å². The van der Waals surface area contributed by atoms with E-state index < -0.39 is 0 Å². The highest BCUT2D eigenvalue weighted by atomic mass is 15.1. The average molecular weight is 227 g/mol. The highest BCUT2D eigenvalue weighted by molar-refractivity contribution is 5.41. The topological polar surface area (TPSA) is 29.9 Å². The summed E-state index contributed by atoms with van der Waals surface area (Å²) in [6.07, 6.45) is 5.14. The maximum Gasteiger partial charge on any atom is 0.0994 e. The summed E-state index contributed by atoms with van der Waals surface area (Å²) in [6.45, 7) is 4.33. The van der Waals surface area contributed by atoms with Crippen LogP contribution in [-0.2, 0) is 0 Å². The smallest absolute Gasteiger partial charge is 0.0994 e. The Balaban J connectivity index is 2.04. The van der Waals surface area contributed by atoms with Crippen molar-refractivity contribution in [2.24, 2.45) is 0 Å². The maximum absolute atomic E-state index is 4.32. The lowest BCUT2D eigenvalue weighted by Gasteiger charge is -2.14. The summed E-state index contributed by atoms with van der Waals surface area (Å²) >= 11 is 0. The van der Waals surface area contributed by atoms with Crippen LogP contribution in [0.25, 0.3) is 5.69 Å². The van der Waals surface area contributed by atoms with Gasteiger partial charge >= 0.3 is 0 Å². The van der Waals surface area contributed by atoms with Gasteiger partial charge in [-0.05, 0) is 31.5 Å². The highest BCUT2D eigenvalue weighted by Crippen LogP contribution is 2.25. The molecule has 0 bridgehead atoms. The second-order valence-corrected chi connectivity index (χ2v) is 4.66. The molecule has 1 unspecified atom stereocenters. The lowest BCUT2D eigenvalue weighted by molar-refractivity contribution is 0.713. The normalized spacial score (nSPS) is 19.7. The summed E-state index contributed by atoms with van der Waals surface area (Å²) in [4.78, 5) is 4.32. The molecule has 2 aromatic rings. The average Bonchev–Trinajstić information content (AvgIpc) is 3.00. The Labute approximate surface area is 101 Å². The minimum Gasteiger partial charge on any atom is -0.316 e. The number of benzene rings is 1. The van der Waals surface area contributed by atoms with Crippen molar-refractivity contribution in [1.29, 1.82) is 0 Å². The van der Waals surface area contributed by atoms with E-state index in [1.807, 2.05) is 12.5 Å². The summed E-state index contributed by atoms with van der Waals surface area (Å²) in [6, 6.07) is 8.46. The summed E-state index contributed by atoms with van der Waals surface area (Å²) in [5, 5.41) is 3.41. The molecule has 1 fully saturated rings. The molecule has 0 radical (unpaired) electrons. The van der Waals surface area contributed by atoms with E-state index in [0.29, 0.717) is 5.92 Å². The fourth-order valence-electron chi connectivity index (χ4n) is 2.55. The van der Waals surface area contributed by atoms with E-state index in [0.717, 1.165) is 13.1 Å². The number of aromatic nitrogens is 2. The Morgan fingerprint density at radius 2 is 2.24 bits per heavy atom. The standard InChI is InChI=1S/C14H17N3/c1-11-4-2-3-5-13(11)17-10-16-9-14(17)12-6-7-15-8-12/h2-5,9-10,12,15H,6-8H2,1H3. The van der Waals surface area contributed by atoms with Crippen molar-refractivity contribution < 1.29 is 0 Å². The van der Waals surface area contributed by atoms with E-state index in [9.17, 15) is 0 Å². The summed E-state index contributed by atoms with van der Waals surface area (Å²) < 4.78 is 2.23. The number of aryl methyl sites for hydroxylation is 1. The quantitative estimate of drug-likeness (QED) is 0.853. The fourth-order valence-corrected chi connectivity index (χ4v) is 2.55. The van der Waals surface area contributed by atoms with Gasteiger partial charge in [0.2, 0.25) is 0 Å². The van der Waals surface area contributed by atoms with Crippen LogP contribution in [0.1, 0.15) is 23.6 Å². The lowest BCUT2D eigenvalue weighted by atomic mass is 10.0. The van der Waals surface area contributed by atoms with Crippen molar-refractivity contribution in [2.75, 3.05) is 13.1 Å². The van der Waals surface area contributed by atoms with Crippen LogP contribution in [0.4, 0.5) is 0 Å². The van der Waals surface area contributed by atoms with Crippen LogP contribution < -0.4 is 5.32 Å². The monoisotopic (exact) mass is 227 g/mol. The number of imidazole rings is 1. The molecule has 1 saturated heterocycles. The predicted molar refractivity (Wildman–Crippen MR) is 68.5 cm³/mol. The Kier molecular flexibility index (Phi) is 2.69. The van der Waals surface area contributed by atoms with Crippen molar-refractivity contribution in [2.45, 2.75) is 19.3 Å². The number of hydrogen-bond donors (Lipinski definition) is 1. The third-order valence-corrected chi connectivity index (χ3v) is 3.52. The Hall–Kier alpha value is -1.61. The van der Waals surface area contributed by atoms with Gasteiger partial charge in [-0.3, -0.25) is 0 Å². The molecule has 1 atom stereocenters. The van der Waals surface area contributed by atoms with Gasteiger partial charge in [-0.2, -0.15) is 0 Å². The molecule has 1 aromatic carbocycles. The van der Waals surface area contributed by atoms with Crippen molar-refractivity contribution in [1.82, 2.24) is 14.9 Å². The molecule has 1 aliphatic rings. The summed E-state index contributed by atoms with van der Waals surface area (Å²) in [7, 11) is 0. The molecule has 2 heterocycles. The van der Waals surface area contributed by atoms with E-state index in [-0.39, 0.29) is 0 Å². The van der Waals surface area contributed by atoms with Crippen LogP contribution in [-0.4, -0.2) is 22.6 Å². The first-order valence-electron chi connectivity index (χ1n) is 6.15.